The number of cyclic esters (lactones) is 1. The number of carbonyl (C=O) groups excluding carboxylic acids is 1. The van der Waals surface area contributed by atoms with Crippen LogP contribution in [0.2, 0.25) is 0 Å². The molecule has 0 unspecified atom stereocenters. The zero-order valence-electron chi connectivity index (χ0n) is 10.4. The normalized spacial score (nSPS) is 29.0. The number of rotatable bonds is 4. The standard InChI is InChI=1S/C11H19N3O2S/c1-4-5-8-6-11(3,16-9(8)15)7(2)13-14-10(12)17/h8H,4-6H2,1-3H3,(H3,12,14,17)/b13-7+/t8-,11+/m0/s1. The fourth-order valence-electron chi connectivity index (χ4n) is 1.95. The van der Waals surface area contributed by atoms with Gasteiger partial charge in [0.25, 0.3) is 0 Å². The Morgan fingerprint density at radius 3 is 2.94 bits per heavy atom. The minimum atomic E-state index is -0.644. The molecule has 96 valence electrons. The van der Waals surface area contributed by atoms with Crippen LogP contribution in [0.25, 0.3) is 0 Å². The molecule has 0 aromatic rings. The first-order valence-electron chi connectivity index (χ1n) is 5.72. The van der Waals surface area contributed by atoms with Crippen molar-refractivity contribution in [1.82, 2.24) is 5.43 Å². The van der Waals surface area contributed by atoms with Crippen LogP contribution >= 0.6 is 12.2 Å². The first kappa shape index (κ1) is 13.9. The van der Waals surface area contributed by atoms with Gasteiger partial charge in [-0.3, -0.25) is 10.2 Å². The van der Waals surface area contributed by atoms with Gasteiger partial charge in [0.05, 0.1) is 11.6 Å². The molecule has 0 spiro atoms. The van der Waals surface area contributed by atoms with Gasteiger partial charge in [-0.15, -0.1) is 0 Å². The summed E-state index contributed by atoms with van der Waals surface area (Å²) in [5.74, 6) is -0.167. The van der Waals surface area contributed by atoms with Crippen molar-refractivity contribution in [2.75, 3.05) is 0 Å². The number of nitrogens with one attached hydrogen (secondary N) is 1. The van der Waals surface area contributed by atoms with Crippen molar-refractivity contribution in [3.8, 4) is 0 Å². The minimum Gasteiger partial charge on any atom is -0.453 e. The molecule has 1 rings (SSSR count). The molecule has 17 heavy (non-hydrogen) atoms. The van der Waals surface area contributed by atoms with Gasteiger partial charge in [-0.2, -0.15) is 5.10 Å². The van der Waals surface area contributed by atoms with Gasteiger partial charge >= 0.3 is 5.97 Å². The summed E-state index contributed by atoms with van der Waals surface area (Å²) in [6, 6.07) is 0. The number of nitrogens with zero attached hydrogens (tertiary/aromatic N) is 1. The molecule has 3 N–H and O–H groups in total. The maximum atomic E-state index is 11.7. The lowest BCUT2D eigenvalue weighted by molar-refractivity contribution is -0.146. The molecular formula is C11H19N3O2S. The molecule has 1 aliphatic heterocycles. The maximum Gasteiger partial charge on any atom is 0.310 e. The lowest BCUT2D eigenvalue weighted by Crippen LogP contribution is -2.36. The second-order valence-corrected chi connectivity index (χ2v) is 4.95. The summed E-state index contributed by atoms with van der Waals surface area (Å²) in [5, 5.41) is 4.13. The predicted molar refractivity (Wildman–Crippen MR) is 70.5 cm³/mol. The number of ether oxygens (including phenoxy) is 1. The van der Waals surface area contributed by atoms with Crippen LogP contribution in [-0.2, 0) is 9.53 Å². The summed E-state index contributed by atoms with van der Waals surface area (Å²) >= 11 is 4.66. The number of thiocarbonyl (C=S) groups is 1. The lowest BCUT2D eigenvalue weighted by Gasteiger charge is -2.22. The van der Waals surface area contributed by atoms with Crippen molar-refractivity contribution in [2.45, 2.75) is 45.6 Å². The third-order valence-corrected chi connectivity index (χ3v) is 3.12. The third-order valence-electron chi connectivity index (χ3n) is 3.03. The molecule has 0 amide bonds. The summed E-state index contributed by atoms with van der Waals surface area (Å²) in [7, 11) is 0. The van der Waals surface area contributed by atoms with Crippen molar-refractivity contribution >= 4 is 29.0 Å². The Kier molecular flexibility index (Phi) is 4.45. The summed E-state index contributed by atoms with van der Waals surface area (Å²) in [6.07, 6.45) is 2.48. The molecule has 0 saturated carbocycles. The van der Waals surface area contributed by atoms with Crippen LogP contribution in [0.4, 0.5) is 0 Å². The van der Waals surface area contributed by atoms with Gasteiger partial charge in [-0.25, -0.2) is 0 Å². The summed E-state index contributed by atoms with van der Waals surface area (Å²) < 4.78 is 5.41. The first-order valence-corrected chi connectivity index (χ1v) is 6.13. The van der Waals surface area contributed by atoms with Crippen LogP contribution in [0.3, 0.4) is 0 Å². The van der Waals surface area contributed by atoms with E-state index in [1.54, 1.807) is 6.92 Å². The van der Waals surface area contributed by atoms with E-state index in [4.69, 9.17) is 10.5 Å². The monoisotopic (exact) mass is 257 g/mol. The molecule has 6 heteroatoms. The van der Waals surface area contributed by atoms with Gasteiger partial charge < -0.3 is 10.5 Å². The predicted octanol–water partition coefficient (Wildman–Crippen LogP) is 1.32. The van der Waals surface area contributed by atoms with Gasteiger partial charge in [0.2, 0.25) is 0 Å². The quantitative estimate of drug-likeness (QED) is 0.344. The Morgan fingerprint density at radius 1 is 1.76 bits per heavy atom. The van der Waals surface area contributed by atoms with E-state index in [-0.39, 0.29) is 17.0 Å². The highest BCUT2D eigenvalue weighted by Gasteiger charge is 2.45. The fraction of sp³-hybridized carbons (Fsp3) is 0.727. The average molecular weight is 257 g/mol. The molecule has 0 aromatic heterocycles. The van der Waals surface area contributed by atoms with E-state index < -0.39 is 5.60 Å². The number of hydrazone groups is 1. The van der Waals surface area contributed by atoms with Crippen LogP contribution in [0.1, 0.15) is 40.0 Å². The third kappa shape index (κ3) is 3.39. The molecule has 1 saturated heterocycles. The summed E-state index contributed by atoms with van der Waals surface area (Å²) in [6.45, 7) is 5.71. The number of carbonyl (C=O) groups is 1. The van der Waals surface area contributed by atoms with Gasteiger partial charge in [0.15, 0.2) is 5.11 Å². The van der Waals surface area contributed by atoms with Crippen LogP contribution in [0.5, 0.6) is 0 Å². The van der Waals surface area contributed by atoms with Crippen molar-refractivity contribution in [2.24, 2.45) is 16.8 Å². The lowest BCUT2D eigenvalue weighted by atomic mass is 9.90. The smallest absolute Gasteiger partial charge is 0.310 e. The van der Waals surface area contributed by atoms with Crippen LogP contribution < -0.4 is 11.2 Å². The molecule has 5 nitrogen and oxygen atoms in total. The number of hydrogen-bond acceptors (Lipinski definition) is 4. The van der Waals surface area contributed by atoms with Crippen molar-refractivity contribution in [1.29, 1.82) is 0 Å². The highest BCUT2D eigenvalue weighted by atomic mass is 32.1. The number of esters is 1. The van der Waals surface area contributed by atoms with Crippen molar-refractivity contribution in [3.05, 3.63) is 0 Å². The van der Waals surface area contributed by atoms with Crippen LogP contribution in [-0.4, -0.2) is 22.4 Å². The molecule has 1 heterocycles. The molecule has 1 aliphatic rings. The Hall–Kier alpha value is -1.17. The van der Waals surface area contributed by atoms with E-state index >= 15 is 0 Å². The van der Waals surface area contributed by atoms with E-state index in [2.05, 4.69) is 29.7 Å². The van der Waals surface area contributed by atoms with E-state index in [1.165, 1.54) is 0 Å². The maximum absolute atomic E-state index is 11.7. The van der Waals surface area contributed by atoms with Gasteiger partial charge in [-0.05, 0) is 32.5 Å². The summed E-state index contributed by atoms with van der Waals surface area (Å²) in [5.41, 5.74) is 7.84. The van der Waals surface area contributed by atoms with E-state index in [0.29, 0.717) is 12.1 Å². The zero-order chi connectivity index (χ0) is 13.1. The van der Waals surface area contributed by atoms with Crippen molar-refractivity contribution < 1.29 is 9.53 Å². The zero-order valence-corrected chi connectivity index (χ0v) is 11.3. The van der Waals surface area contributed by atoms with E-state index in [0.717, 1.165) is 12.8 Å². The largest absolute Gasteiger partial charge is 0.453 e. The van der Waals surface area contributed by atoms with Crippen molar-refractivity contribution in [3.63, 3.8) is 0 Å². The second-order valence-electron chi connectivity index (χ2n) is 4.51. The summed E-state index contributed by atoms with van der Waals surface area (Å²) in [4.78, 5) is 11.7. The fourth-order valence-corrected chi connectivity index (χ4v) is 1.99. The number of nitrogens with two attached hydrogens (primary N) is 1. The SMILES string of the molecule is CCC[C@H]1C[C@](C)(/C(C)=N/NC(N)=S)OC1=O. The molecule has 2 atom stereocenters. The molecule has 0 bridgehead atoms. The Labute approximate surface area is 107 Å². The van der Waals surface area contributed by atoms with Gasteiger partial charge in [-0.1, -0.05) is 13.3 Å². The molecular weight excluding hydrogens is 238 g/mol. The first-order chi connectivity index (χ1) is 7.89. The topological polar surface area (TPSA) is 76.7 Å². The second kappa shape index (κ2) is 5.44. The average Bonchev–Trinajstić information content (AvgIpc) is 2.52. The van der Waals surface area contributed by atoms with E-state index in [9.17, 15) is 4.79 Å². The Bertz CT molecular complexity index is 357. The molecule has 0 radical (unpaired) electrons. The highest BCUT2D eigenvalue weighted by Crippen LogP contribution is 2.34. The highest BCUT2D eigenvalue weighted by molar-refractivity contribution is 7.80. The van der Waals surface area contributed by atoms with Crippen LogP contribution in [0, 0.1) is 5.92 Å². The van der Waals surface area contributed by atoms with Gasteiger partial charge in [0.1, 0.15) is 5.60 Å². The minimum absolute atomic E-state index is 0.0278. The molecule has 0 aromatic carbocycles. The molecule has 1 fully saturated rings. The molecule has 0 aliphatic carbocycles. The van der Waals surface area contributed by atoms with E-state index in [1.807, 2.05) is 6.92 Å². The Morgan fingerprint density at radius 2 is 2.41 bits per heavy atom. The van der Waals surface area contributed by atoms with Crippen LogP contribution in [0.15, 0.2) is 5.10 Å². The Balaban J connectivity index is 2.73. The van der Waals surface area contributed by atoms with Gasteiger partial charge in [0, 0.05) is 6.42 Å². The number of hydrogen-bond donors (Lipinski definition) is 2.